The minimum absolute atomic E-state index is 0.197. The number of hydrogen-bond acceptors (Lipinski definition) is 2. The molecule has 1 heterocycles. The van der Waals surface area contributed by atoms with Crippen LogP contribution >= 0.6 is 0 Å². The molecule has 0 unspecified atom stereocenters. The molecule has 0 aliphatic heterocycles. The summed E-state index contributed by atoms with van der Waals surface area (Å²) >= 11 is 0. The zero-order chi connectivity index (χ0) is 19.0. The van der Waals surface area contributed by atoms with E-state index in [1.54, 1.807) is 0 Å². The molecule has 0 saturated heterocycles. The van der Waals surface area contributed by atoms with Gasteiger partial charge in [-0.25, -0.2) is 4.98 Å². The van der Waals surface area contributed by atoms with E-state index in [-0.39, 0.29) is 6.61 Å². The largest absolute Gasteiger partial charge is 0.396 e. The summed E-state index contributed by atoms with van der Waals surface area (Å²) in [4.78, 5) is 4.90. The number of aromatic nitrogens is 2. The van der Waals surface area contributed by atoms with Crippen LogP contribution in [0.15, 0.2) is 18.2 Å². The number of benzene rings is 2. The van der Waals surface area contributed by atoms with Crippen LogP contribution in [0.25, 0.3) is 11.0 Å². The minimum Gasteiger partial charge on any atom is -0.396 e. The van der Waals surface area contributed by atoms with Crippen LogP contribution in [-0.2, 0) is 13.0 Å². The van der Waals surface area contributed by atoms with Gasteiger partial charge in [-0.15, -0.1) is 0 Å². The molecule has 0 saturated carbocycles. The number of aliphatic hydroxyl groups is 1. The molecule has 26 heavy (non-hydrogen) atoms. The molecule has 0 spiro atoms. The molecule has 138 valence electrons. The molecule has 3 rings (SSSR count). The quantitative estimate of drug-likeness (QED) is 0.713. The fraction of sp³-hybridized carbons (Fsp3) is 0.435. The number of fused-ring (bicyclic) bond motifs is 1. The lowest BCUT2D eigenvalue weighted by Gasteiger charge is -2.18. The molecule has 3 heteroatoms. The van der Waals surface area contributed by atoms with Crippen molar-refractivity contribution in [3.8, 4) is 0 Å². The van der Waals surface area contributed by atoms with E-state index >= 15 is 0 Å². The van der Waals surface area contributed by atoms with Gasteiger partial charge in [-0.2, -0.15) is 0 Å². The Bertz CT molecular complexity index is 940. The van der Waals surface area contributed by atoms with Crippen molar-refractivity contribution >= 4 is 11.0 Å². The first-order valence-corrected chi connectivity index (χ1v) is 9.47. The monoisotopic (exact) mass is 350 g/mol. The summed E-state index contributed by atoms with van der Waals surface area (Å²) in [6.07, 6.45) is 1.54. The Hall–Kier alpha value is -2.13. The number of aliphatic hydroxyl groups excluding tert-OH is 1. The van der Waals surface area contributed by atoms with Crippen molar-refractivity contribution in [1.82, 2.24) is 9.55 Å². The second-order valence-electron chi connectivity index (χ2n) is 7.61. The molecule has 2 aromatic carbocycles. The average Bonchev–Trinajstić information content (AvgIpc) is 2.92. The zero-order valence-electron chi connectivity index (χ0n) is 16.9. The van der Waals surface area contributed by atoms with Gasteiger partial charge in [0.15, 0.2) is 0 Å². The fourth-order valence-corrected chi connectivity index (χ4v) is 3.73. The Kier molecular flexibility index (Phi) is 5.19. The third kappa shape index (κ3) is 3.28. The molecular weight excluding hydrogens is 320 g/mol. The highest BCUT2D eigenvalue weighted by atomic mass is 16.2. The van der Waals surface area contributed by atoms with Gasteiger partial charge in [-0.3, -0.25) is 0 Å². The zero-order valence-corrected chi connectivity index (χ0v) is 16.9. The van der Waals surface area contributed by atoms with Crippen LogP contribution in [0.1, 0.15) is 51.2 Å². The molecule has 3 aromatic rings. The van der Waals surface area contributed by atoms with E-state index in [0.717, 1.165) is 30.7 Å². The van der Waals surface area contributed by atoms with E-state index in [1.165, 1.54) is 44.5 Å². The minimum atomic E-state index is 0.197. The van der Waals surface area contributed by atoms with Gasteiger partial charge in [0.2, 0.25) is 0 Å². The summed E-state index contributed by atoms with van der Waals surface area (Å²) in [5.41, 5.74) is 11.6. The highest BCUT2D eigenvalue weighted by Crippen LogP contribution is 2.27. The van der Waals surface area contributed by atoms with Crippen molar-refractivity contribution in [3.63, 3.8) is 0 Å². The number of nitrogens with zero attached hydrogens (tertiary/aromatic N) is 2. The van der Waals surface area contributed by atoms with Gasteiger partial charge in [0.25, 0.3) is 0 Å². The Morgan fingerprint density at radius 3 is 2.08 bits per heavy atom. The van der Waals surface area contributed by atoms with Gasteiger partial charge in [0.05, 0.1) is 11.0 Å². The second-order valence-corrected chi connectivity index (χ2v) is 7.61. The molecule has 0 radical (unpaired) electrons. The molecule has 1 aromatic heterocycles. The van der Waals surface area contributed by atoms with Crippen molar-refractivity contribution < 1.29 is 5.11 Å². The van der Waals surface area contributed by atoms with E-state index in [9.17, 15) is 5.11 Å². The molecular formula is C23H30N2O. The summed E-state index contributed by atoms with van der Waals surface area (Å²) in [5.74, 6) is 1.07. The van der Waals surface area contributed by atoms with E-state index in [0.29, 0.717) is 0 Å². The van der Waals surface area contributed by atoms with Crippen LogP contribution in [-0.4, -0.2) is 21.3 Å². The van der Waals surface area contributed by atoms with Gasteiger partial charge in [-0.05, 0) is 99.0 Å². The van der Waals surface area contributed by atoms with Crippen LogP contribution in [0.3, 0.4) is 0 Å². The Morgan fingerprint density at radius 1 is 0.846 bits per heavy atom. The highest BCUT2D eigenvalue weighted by Gasteiger charge is 2.15. The van der Waals surface area contributed by atoms with Crippen molar-refractivity contribution in [3.05, 3.63) is 63.0 Å². The molecule has 0 aliphatic rings. The molecule has 0 aliphatic carbocycles. The Labute approximate surface area is 156 Å². The predicted octanol–water partition coefficient (Wildman–Crippen LogP) is 4.86. The maximum absolute atomic E-state index is 9.30. The van der Waals surface area contributed by atoms with Crippen LogP contribution in [0.4, 0.5) is 0 Å². The molecule has 1 N–H and O–H groups in total. The summed E-state index contributed by atoms with van der Waals surface area (Å²) in [6.45, 7) is 14.2. The van der Waals surface area contributed by atoms with E-state index in [4.69, 9.17) is 4.98 Å². The Balaban J connectivity index is 2.19. The van der Waals surface area contributed by atoms with E-state index in [2.05, 4.69) is 64.3 Å². The van der Waals surface area contributed by atoms with Gasteiger partial charge in [0.1, 0.15) is 5.82 Å². The smallest absolute Gasteiger partial charge is 0.110 e. The first kappa shape index (κ1) is 18.7. The molecule has 0 fully saturated rings. The van der Waals surface area contributed by atoms with Crippen LogP contribution in [0.2, 0.25) is 0 Å². The normalized spacial score (nSPS) is 11.5. The standard InChI is InChI=1S/C23H30N2O/c1-14-11-21-22(12-15(14)2)25(23(24-21)8-7-9-26)13-20-18(5)16(3)10-17(4)19(20)6/h10-12,26H,7-9,13H2,1-6H3. The van der Waals surface area contributed by atoms with Gasteiger partial charge >= 0.3 is 0 Å². The van der Waals surface area contributed by atoms with Crippen LogP contribution in [0.5, 0.6) is 0 Å². The lowest BCUT2D eigenvalue weighted by molar-refractivity contribution is 0.287. The second kappa shape index (κ2) is 7.24. The molecule has 3 nitrogen and oxygen atoms in total. The van der Waals surface area contributed by atoms with E-state index < -0.39 is 0 Å². The number of aryl methyl sites for hydroxylation is 5. The van der Waals surface area contributed by atoms with Crippen molar-refractivity contribution in [2.75, 3.05) is 6.61 Å². The lowest BCUT2D eigenvalue weighted by Crippen LogP contribution is -2.10. The summed E-state index contributed by atoms with van der Waals surface area (Å²) < 4.78 is 2.35. The van der Waals surface area contributed by atoms with Gasteiger partial charge in [0, 0.05) is 19.6 Å². The number of hydrogen-bond donors (Lipinski definition) is 1. The molecule has 0 bridgehead atoms. The maximum atomic E-state index is 9.30. The lowest BCUT2D eigenvalue weighted by atomic mass is 9.94. The summed E-state index contributed by atoms with van der Waals surface area (Å²) in [5, 5.41) is 9.30. The fourth-order valence-electron chi connectivity index (χ4n) is 3.73. The van der Waals surface area contributed by atoms with Gasteiger partial charge < -0.3 is 9.67 Å². The summed E-state index contributed by atoms with van der Waals surface area (Å²) in [7, 11) is 0. The Morgan fingerprint density at radius 2 is 1.46 bits per heavy atom. The SMILES string of the molecule is Cc1cc2nc(CCCO)n(Cc3c(C)c(C)cc(C)c3C)c2cc1C. The maximum Gasteiger partial charge on any atom is 0.110 e. The van der Waals surface area contributed by atoms with Crippen molar-refractivity contribution in [2.24, 2.45) is 0 Å². The van der Waals surface area contributed by atoms with Crippen molar-refractivity contribution in [2.45, 2.75) is 60.9 Å². The third-order valence-electron chi connectivity index (χ3n) is 5.84. The molecule has 0 atom stereocenters. The first-order valence-electron chi connectivity index (χ1n) is 9.47. The van der Waals surface area contributed by atoms with Crippen LogP contribution < -0.4 is 0 Å². The van der Waals surface area contributed by atoms with Gasteiger partial charge in [-0.1, -0.05) is 6.07 Å². The summed E-state index contributed by atoms with van der Waals surface area (Å²) in [6, 6.07) is 6.72. The van der Waals surface area contributed by atoms with E-state index in [1.807, 2.05) is 0 Å². The third-order valence-corrected chi connectivity index (χ3v) is 5.84. The average molecular weight is 351 g/mol. The molecule has 0 amide bonds. The number of rotatable bonds is 5. The predicted molar refractivity (Wildman–Crippen MR) is 109 cm³/mol. The van der Waals surface area contributed by atoms with Crippen molar-refractivity contribution in [1.29, 1.82) is 0 Å². The topological polar surface area (TPSA) is 38.1 Å². The number of imidazole rings is 1. The first-order chi connectivity index (χ1) is 12.3. The van der Waals surface area contributed by atoms with Crippen LogP contribution in [0, 0.1) is 41.5 Å². The highest BCUT2D eigenvalue weighted by molar-refractivity contribution is 5.78.